The summed E-state index contributed by atoms with van der Waals surface area (Å²) in [6, 6.07) is 1.56. The third kappa shape index (κ3) is 2.50. The van der Waals surface area contributed by atoms with Crippen LogP contribution in [0, 0.1) is 0 Å². The van der Waals surface area contributed by atoms with Crippen LogP contribution in [0.5, 0.6) is 0 Å². The molecule has 1 atom stereocenters. The normalized spacial score (nSPS) is 12.5. The predicted octanol–water partition coefficient (Wildman–Crippen LogP) is 1.55. The zero-order valence-electron chi connectivity index (χ0n) is 7.83. The number of aromatic nitrogens is 1. The fraction of sp³-hybridized carbons (Fsp3) is 0.444. The molecule has 0 spiro atoms. The quantitative estimate of drug-likeness (QED) is 0.697. The first-order valence-electron chi connectivity index (χ1n) is 4.28. The summed E-state index contributed by atoms with van der Waals surface area (Å²) in [4.78, 5) is 14.1. The molecular formula is C9H14N2O2. The molecule has 1 unspecified atom stereocenters. The highest BCUT2D eigenvalue weighted by atomic mass is 16.5. The maximum absolute atomic E-state index is 11.3. The molecule has 13 heavy (non-hydrogen) atoms. The minimum atomic E-state index is -0.356. The minimum absolute atomic E-state index is 0.0583. The van der Waals surface area contributed by atoms with Gasteiger partial charge >= 0.3 is 5.97 Å². The summed E-state index contributed by atoms with van der Waals surface area (Å²) in [5.74, 6) is -0.356. The second kappa shape index (κ2) is 3.98. The van der Waals surface area contributed by atoms with E-state index in [1.807, 2.05) is 13.8 Å². The number of nitrogen functional groups attached to an aromatic ring is 1. The Kier molecular flexibility index (Phi) is 2.95. The number of carbonyl (C=O) groups is 1. The van der Waals surface area contributed by atoms with Gasteiger partial charge in [0.15, 0.2) is 0 Å². The highest BCUT2D eigenvalue weighted by Gasteiger charge is 2.11. The molecule has 0 saturated carbocycles. The van der Waals surface area contributed by atoms with Gasteiger partial charge in [-0.05, 0) is 19.4 Å². The minimum Gasteiger partial charge on any atom is -0.458 e. The van der Waals surface area contributed by atoms with Crippen LogP contribution in [-0.4, -0.2) is 17.1 Å². The summed E-state index contributed by atoms with van der Waals surface area (Å²) in [6.07, 6.45) is 2.31. The largest absolute Gasteiger partial charge is 0.458 e. The van der Waals surface area contributed by atoms with E-state index < -0.39 is 0 Å². The van der Waals surface area contributed by atoms with Crippen molar-refractivity contribution in [1.82, 2.24) is 4.98 Å². The topological polar surface area (TPSA) is 68.1 Å². The Morgan fingerprint density at radius 1 is 1.77 bits per heavy atom. The average Bonchev–Trinajstić information content (AvgIpc) is 2.51. The number of nitrogens with one attached hydrogen (secondary N) is 1. The molecule has 0 aliphatic carbocycles. The Hall–Kier alpha value is -1.45. The van der Waals surface area contributed by atoms with Gasteiger partial charge in [-0.15, -0.1) is 0 Å². The number of rotatable bonds is 3. The Morgan fingerprint density at radius 2 is 2.46 bits per heavy atom. The van der Waals surface area contributed by atoms with Gasteiger partial charge in [0, 0.05) is 6.20 Å². The maximum Gasteiger partial charge on any atom is 0.355 e. The van der Waals surface area contributed by atoms with Crippen molar-refractivity contribution in [3.05, 3.63) is 18.0 Å². The molecule has 1 aromatic heterocycles. The van der Waals surface area contributed by atoms with Gasteiger partial charge in [0.2, 0.25) is 0 Å². The molecule has 72 valence electrons. The highest BCUT2D eigenvalue weighted by Crippen LogP contribution is 2.08. The van der Waals surface area contributed by atoms with Crippen molar-refractivity contribution >= 4 is 11.7 Å². The molecule has 0 saturated heterocycles. The fourth-order valence-corrected chi connectivity index (χ4v) is 0.858. The van der Waals surface area contributed by atoms with Crippen molar-refractivity contribution in [2.24, 2.45) is 0 Å². The lowest BCUT2D eigenvalue weighted by Gasteiger charge is -2.08. The van der Waals surface area contributed by atoms with E-state index in [1.54, 1.807) is 12.3 Å². The number of hydrogen-bond acceptors (Lipinski definition) is 3. The van der Waals surface area contributed by atoms with Crippen LogP contribution in [0.1, 0.15) is 30.8 Å². The zero-order chi connectivity index (χ0) is 9.84. The molecule has 4 nitrogen and oxygen atoms in total. The molecular weight excluding hydrogens is 168 g/mol. The highest BCUT2D eigenvalue weighted by molar-refractivity contribution is 5.88. The van der Waals surface area contributed by atoms with Crippen LogP contribution in [0.25, 0.3) is 0 Å². The summed E-state index contributed by atoms with van der Waals surface area (Å²) in [5, 5.41) is 0. The molecule has 0 aliphatic rings. The third-order valence-corrected chi connectivity index (χ3v) is 1.81. The standard InChI is InChI=1S/C9H14N2O2/c1-3-6(2)13-9(12)8-4-7(10)5-11-8/h4-6,11H,3,10H2,1-2H3. The molecule has 0 aliphatic heterocycles. The molecule has 0 bridgehead atoms. The van der Waals surface area contributed by atoms with Gasteiger partial charge in [-0.1, -0.05) is 6.92 Å². The van der Waals surface area contributed by atoms with E-state index in [-0.39, 0.29) is 12.1 Å². The second-order valence-corrected chi connectivity index (χ2v) is 2.97. The monoisotopic (exact) mass is 182 g/mol. The van der Waals surface area contributed by atoms with E-state index in [1.165, 1.54) is 0 Å². The van der Waals surface area contributed by atoms with Gasteiger partial charge in [-0.2, -0.15) is 0 Å². The molecule has 1 heterocycles. The van der Waals surface area contributed by atoms with Crippen molar-refractivity contribution in [3.63, 3.8) is 0 Å². The molecule has 1 rings (SSSR count). The zero-order valence-corrected chi connectivity index (χ0v) is 7.83. The Morgan fingerprint density at radius 3 is 2.92 bits per heavy atom. The number of H-pyrrole nitrogens is 1. The van der Waals surface area contributed by atoms with Crippen molar-refractivity contribution in [1.29, 1.82) is 0 Å². The number of esters is 1. The van der Waals surface area contributed by atoms with Crippen molar-refractivity contribution < 1.29 is 9.53 Å². The average molecular weight is 182 g/mol. The molecule has 0 aromatic carbocycles. The SMILES string of the molecule is CCC(C)OC(=O)c1cc(N)c[nH]1. The summed E-state index contributed by atoms with van der Waals surface area (Å²) >= 11 is 0. The molecule has 0 amide bonds. The lowest BCUT2D eigenvalue weighted by molar-refractivity contribution is 0.0328. The Bertz CT molecular complexity index is 294. The number of anilines is 1. The van der Waals surface area contributed by atoms with E-state index in [2.05, 4.69) is 4.98 Å². The van der Waals surface area contributed by atoms with Gasteiger partial charge in [0.05, 0.1) is 11.8 Å². The fourth-order valence-electron chi connectivity index (χ4n) is 0.858. The van der Waals surface area contributed by atoms with Gasteiger partial charge in [0.25, 0.3) is 0 Å². The van der Waals surface area contributed by atoms with Gasteiger partial charge in [-0.3, -0.25) is 0 Å². The lowest BCUT2D eigenvalue weighted by Crippen LogP contribution is -2.14. The first kappa shape index (κ1) is 9.64. The first-order valence-corrected chi connectivity index (χ1v) is 4.28. The van der Waals surface area contributed by atoms with E-state index in [0.717, 1.165) is 6.42 Å². The summed E-state index contributed by atoms with van der Waals surface area (Å²) in [5.41, 5.74) is 6.38. The number of ether oxygens (including phenoxy) is 1. The Balaban J connectivity index is 2.58. The first-order chi connectivity index (χ1) is 6.13. The van der Waals surface area contributed by atoms with Gasteiger partial charge in [0.1, 0.15) is 5.69 Å². The van der Waals surface area contributed by atoms with Crippen molar-refractivity contribution in [2.45, 2.75) is 26.4 Å². The number of carbonyl (C=O) groups excluding carboxylic acids is 1. The van der Waals surface area contributed by atoms with E-state index >= 15 is 0 Å². The van der Waals surface area contributed by atoms with Crippen LogP contribution >= 0.6 is 0 Å². The van der Waals surface area contributed by atoms with Crippen LogP contribution in [0.2, 0.25) is 0 Å². The second-order valence-electron chi connectivity index (χ2n) is 2.97. The smallest absolute Gasteiger partial charge is 0.355 e. The lowest BCUT2D eigenvalue weighted by atomic mass is 10.3. The van der Waals surface area contributed by atoms with Gasteiger partial charge in [-0.25, -0.2) is 4.79 Å². The summed E-state index contributed by atoms with van der Waals surface area (Å²) in [6.45, 7) is 3.81. The molecule has 4 heteroatoms. The maximum atomic E-state index is 11.3. The predicted molar refractivity (Wildman–Crippen MR) is 50.4 cm³/mol. The number of nitrogens with two attached hydrogens (primary N) is 1. The number of hydrogen-bond donors (Lipinski definition) is 2. The van der Waals surface area contributed by atoms with Crippen LogP contribution < -0.4 is 5.73 Å². The van der Waals surface area contributed by atoms with E-state index in [4.69, 9.17) is 10.5 Å². The van der Waals surface area contributed by atoms with Crippen LogP contribution in [0.15, 0.2) is 12.3 Å². The van der Waals surface area contributed by atoms with Crippen LogP contribution in [0.3, 0.4) is 0 Å². The Labute approximate surface area is 77.1 Å². The molecule has 3 N–H and O–H groups in total. The van der Waals surface area contributed by atoms with Crippen molar-refractivity contribution in [3.8, 4) is 0 Å². The summed E-state index contributed by atoms with van der Waals surface area (Å²) in [7, 11) is 0. The third-order valence-electron chi connectivity index (χ3n) is 1.81. The molecule has 0 fully saturated rings. The molecule has 1 aromatic rings. The van der Waals surface area contributed by atoms with E-state index in [9.17, 15) is 4.79 Å². The molecule has 0 radical (unpaired) electrons. The van der Waals surface area contributed by atoms with Gasteiger partial charge < -0.3 is 15.5 Å². The summed E-state index contributed by atoms with van der Waals surface area (Å²) < 4.78 is 5.07. The van der Waals surface area contributed by atoms with Crippen molar-refractivity contribution in [2.75, 3.05) is 5.73 Å². The van der Waals surface area contributed by atoms with Crippen LogP contribution in [-0.2, 0) is 4.74 Å². The number of aromatic amines is 1. The van der Waals surface area contributed by atoms with E-state index in [0.29, 0.717) is 11.4 Å². The van der Waals surface area contributed by atoms with Crippen LogP contribution in [0.4, 0.5) is 5.69 Å².